The Bertz CT molecular complexity index is 1150. The standard InChI is InChI=1S/C21H20N4O2/c1-24-8-10-25(11-9-24)15-7-6-14-12-16(21(26)27-19(14)13-15)20-22-17-4-2-3-5-18(17)23-20/h2-7,12-13H,8-11H2,1H3,(H,22,23). The van der Waals surface area contributed by atoms with Gasteiger partial charge >= 0.3 is 5.63 Å². The van der Waals surface area contributed by atoms with Gasteiger partial charge in [-0.15, -0.1) is 0 Å². The third-order valence-corrected chi connectivity index (χ3v) is 5.23. The Morgan fingerprint density at radius 3 is 2.67 bits per heavy atom. The van der Waals surface area contributed by atoms with E-state index in [-0.39, 0.29) is 5.63 Å². The number of anilines is 1. The van der Waals surface area contributed by atoms with Gasteiger partial charge in [-0.05, 0) is 37.4 Å². The molecule has 6 heteroatoms. The summed E-state index contributed by atoms with van der Waals surface area (Å²) in [6.45, 7) is 4.02. The Kier molecular flexibility index (Phi) is 3.72. The Morgan fingerprint density at radius 2 is 1.85 bits per heavy atom. The van der Waals surface area contributed by atoms with E-state index in [1.807, 2.05) is 42.5 Å². The van der Waals surface area contributed by atoms with Crippen molar-refractivity contribution in [1.82, 2.24) is 14.9 Å². The summed E-state index contributed by atoms with van der Waals surface area (Å²) in [5.74, 6) is 0.537. The molecule has 1 aliphatic rings. The van der Waals surface area contributed by atoms with Crippen LogP contribution in [0.3, 0.4) is 0 Å². The Morgan fingerprint density at radius 1 is 1.04 bits per heavy atom. The molecule has 0 unspecified atom stereocenters. The number of hydrogen-bond donors (Lipinski definition) is 1. The first kappa shape index (κ1) is 16.1. The van der Waals surface area contributed by atoms with Crippen LogP contribution < -0.4 is 10.5 Å². The zero-order chi connectivity index (χ0) is 18.4. The van der Waals surface area contributed by atoms with Gasteiger partial charge in [-0.25, -0.2) is 9.78 Å². The van der Waals surface area contributed by atoms with Crippen LogP contribution in [0, 0.1) is 0 Å². The van der Waals surface area contributed by atoms with Crippen LogP contribution in [0.25, 0.3) is 33.4 Å². The predicted octanol–water partition coefficient (Wildman–Crippen LogP) is 3.09. The van der Waals surface area contributed by atoms with Gasteiger partial charge in [0.2, 0.25) is 0 Å². The lowest BCUT2D eigenvalue weighted by Gasteiger charge is -2.34. The van der Waals surface area contributed by atoms with Crippen molar-refractivity contribution in [2.24, 2.45) is 0 Å². The van der Waals surface area contributed by atoms with Gasteiger partial charge in [0.1, 0.15) is 17.0 Å². The number of nitrogens with zero attached hydrogens (tertiary/aromatic N) is 3. The van der Waals surface area contributed by atoms with Gasteiger partial charge in [0, 0.05) is 43.3 Å². The van der Waals surface area contributed by atoms with Gasteiger partial charge in [0.25, 0.3) is 0 Å². The van der Waals surface area contributed by atoms with Crippen LogP contribution in [-0.4, -0.2) is 48.1 Å². The van der Waals surface area contributed by atoms with Crippen molar-refractivity contribution in [3.05, 3.63) is 59.0 Å². The number of para-hydroxylation sites is 2. The maximum Gasteiger partial charge on any atom is 0.347 e. The Labute approximate surface area is 156 Å². The van der Waals surface area contributed by atoms with E-state index in [1.165, 1.54) is 0 Å². The predicted molar refractivity (Wildman–Crippen MR) is 107 cm³/mol. The molecule has 6 nitrogen and oxygen atoms in total. The third-order valence-electron chi connectivity index (χ3n) is 5.23. The normalized spacial score (nSPS) is 15.7. The molecule has 2 aromatic heterocycles. The fraction of sp³-hybridized carbons (Fsp3) is 0.238. The molecule has 0 spiro atoms. The molecule has 3 heterocycles. The SMILES string of the molecule is CN1CCN(c2ccc3cc(-c4nc5ccccc5[nH]4)c(=O)oc3c2)CC1. The van der Waals surface area contributed by atoms with E-state index in [1.54, 1.807) is 0 Å². The molecule has 4 aromatic rings. The second-order valence-corrected chi connectivity index (χ2v) is 7.06. The summed E-state index contributed by atoms with van der Waals surface area (Å²) < 4.78 is 5.64. The van der Waals surface area contributed by atoms with Crippen LogP contribution in [0.2, 0.25) is 0 Å². The lowest BCUT2D eigenvalue weighted by molar-refractivity contribution is 0.313. The minimum Gasteiger partial charge on any atom is -0.422 e. The highest BCUT2D eigenvalue weighted by molar-refractivity contribution is 5.85. The molecule has 0 saturated carbocycles. The summed E-state index contributed by atoms with van der Waals surface area (Å²) >= 11 is 0. The number of imidazole rings is 1. The topological polar surface area (TPSA) is 65.4 Å². The van der Waals surface area contributed by atoms with Gasteiger partial charge in [-0.3, -0.25) is 0 Å². The molecule has 5 rings (SSSR count). The van der Waals surface area contributed by atoms with Crippen molar-refractivity contribution in [2.75, 3.05) is 38.1 Å². The zero-order valence-corrected chi connectivity index (χ0v) is 15.1. The number of likely N-dealkylation sites (N-methyl/N-ethyl adjacent to an activating group) is 1. The molecule has 1 saturated heterocycles. The monoisotopic (exact) mass is 360 g/mol. The minimum absolute atomic E-state index is 0.378. The maximum atomic E-state index is 12.6. The first-order chi connectivity index (χ1) is 13.2. The first-order valence-electron chi connectivity index (χ1n) is 9.14. The fourth-order valence-electron chi connectivity index (χ4n) is 3.61. The Balaban J connectivity index is 1.55. The van der Waals surface area contributed by atoms with Crippen LogP contribution in [-0.2, 0) is 0 Å². The lowest BCUT2D eigenvalue weighted by atomic mass is 10.1. The molecule has 0 aliphatic carbocycles. The summed E-state index contributed by atoms with van der Waals surface area (Å²) in [7, 11) is 2.14. The van der Waals surface area contributed by atoms with Crippen LogP contribution >= 0.6 is 0 Å². The van der Waals surface area contributed by atoms with Crippen molar-refractivity contribution < 1.29 is 4.42 Å². The van der Waals surface area contributed by atoms with Crippen molar-refractivity contribution >= 4 is 27.7 Å². The number of nitrogens with one attached hydrogen (secondary N) is 1. The molecule has 27 heavy (non-hydrogen) atoms. The number of hydrogen-bond acceptors (Lipinski definition) is 5. The third kappa shape index (κ3) is 2.88. The molecule has 1 fully saturated rings. The van der Waals surface area contributed by atoms with E-state index in [4.69, 9.17) is 4.42 Å². The molecular weight excluding hydrogens is 340 g/mol. The van der Waals surface area contributed by atoms with Crippen molar-refractivity contribution in [3.63, 3.8) is 0 Å². The number of aromatic amines is 1. The molecule has 136 valence electrons. The average Bonchev–Trinajstić information content (AvgIpc) is 3.11. The smallest absolute Gasteiger partial charge is 0.347 e. The van der Waals surface area contributed by atoms with Crippen LogP contribution in [0.15, 0.2) is 57.7 Å². The Hall–Kier alpha value is -3.12. The molecule has 1 aliphatic heterocycles. The van der Waals surface area contributed by atoms with Crippen LogP contribution in [0.1, 0.15) is 0 Å². The summed E-state index contributed by atoms with van der Waals surface area (Å²) in [6, 6.07) is 15.6. The number of fused-ring (bicyclic) bond motifs is 2. The zero-order valence-electron chi connectivity index (χ0n) is 15.1. The quantitative estimate of drug-likeness (QED) is 0.557. The summed E-state index contributed by atoms with van der Waals surface area (Å²) in [5, 5.41) is 0.892. The highest BCUT2D eigenvalue weighted by atomic mass is 16.4. The van der Waals surface area contributed by atoms with Gasteiger partial charge < -0.3 is 19.2 Å². The number of rotatable bonds is 2. The number of piperazine rings is 1. The van der Waals surface area contributed by atoms with Crippen LogP contribution in [0.4, 0.5) is 5.69 Å². The number of H-pyrrole nitrogens is 1. The molecular formula is C21H20N4O2. The summed E-state index contributed by atoms with van der Waals surface area (Å²) in [5.41, 5.74) is 3.50. The van der Waals surface area contributed by atoms with Gasteiger partial charge in [-0.2, -0.15) is 0 Å². The fourth-order valence-corrected chi connectivity index (χ4v) is 3.61. The molecule has 0 bridgehead atoms. The molecule has 2 aromatic carbocycles. The lowest BCUT2D eigenvalue weighted by Crippen LogP contribution is -2.44. The second-order valence-electron chi connectivity index (χ2n) is 7.06. The van der Waals surface area contributed by atoms with E-state index < -0.39 is 0 Å². The average molecular weight is 360 g/mol. The minimum atomic E-state index is -0.378. The van der Waals surface area contributed by atoms with E-state index in [2.05, 4.69) is 32.9 Å². The van der Waals surface area contributed by atoms with E-state index in [0.717, 1.165) is 48.3 Å². The highest BCUT2D eigenvalue weighted by Crippen LogP contribution is 2.25. The van der Waals surface area contributed by atoms with Crippen LogP contribution in [0.5, 0.6) is 0 Å². The summed E-state index contributed by atoms with van der Waals surface area (Å²) in [4.78, 5) is 25.0. The molecule has 1 N–H and O–H groups in total. The molecule has 0 radical (unpaired) electrons. The number of aromatic nitrogens is 2. The van der Waals surface area contributed by atoms with Crippen molar-refractivity contribution in [3.8, 4) is 11.4 Å². The maximum absolute atomic E-state index is 12.6. The van der Waals surface area contributed by atoms with Crippen molar-refractivity contribution in [2.45, 2.75) is 0 Å². The van der Waals surface area contributed by atoms with E-state index >= 15 is 0 Å². The highest BCUT2D eigenvalue weighted by Gasteiger charge is 2.16. The largest absolute Gasteiger partial charge is 0.422 e. The number of benzene rings is 2. The van der Waals surface area contributed by atoms with Gasteiger partial charge in [0.15, 0.2) is 0 Å². The molecule has 0 amide bonds. The van der Waals surface area contributed by atoms with Gasteiger partial charge in [-0.1, -0.05) is 12.1 Å². The second kappa shape index (κ2) is 6.25. The first-order valence-corrected chi connectivity index (χ1v) is 9.14. The van der Waals surface area contributed by atoms with E-state index in [9.17, 15) is 4.79 Å². The van der Waals surface area contributed by atoms with E-state index in [0.29, 0.717) is 17.0 Å². The van der Waals surface area contributed by atoms with Gasteiger partial charge in [0.05, 0.1) is 11.0 Å². The summed E-state index contributed by atoms with van der Waals surface area (Å²) in [6.07, 6.45) is 0. The molecule has 0 atom stereocenters. The van der Waals surface area contributed by atoms with Crippen molar-refractivity contribution in [1.29, 1.82) is 0 Å².